The molecule has 2 aliphatic heterocycles. The largest absolute Gasteiger partial charge is 0.356 e. The first-order valence-corrected chi connectivity index (χ1v) is 10.1. The molecule has 7 heteroatoms. The summed E-state index contributed by atoms with van der Waals surface area (Å²) >= 11 is 0. The van der Waals surface area contributed by atoms with Gasteiger partial charge in [0.05, 0.1) is 11.5 Å². The fourth-order valence-corrected chi connectivity index (χ4v) is 4.12. The number of hydrogen-bond acceptors (Lipinski definition) is 4. The SMILES string of the molecule is O=C(c1ccccc1F)N1CCN(C(=O)[C@H]2CCCN(c3ccccn3)C2)CC1. The van der Waals surface area contributed by atoms with Crippen LogP contribution >= 0.6 is 0 Å². The number of amides is 2. The molecule has 1 aromatic heterocycles. The van der Waals surface area contributed by atoms with Crippen LogP contribution in [-0.2, 0) is 4.79 Å². The number of piperazine rings is 1. The van der Waals surface area contributed by atoms with Crippen LogP contribution < -0.4 is 4.90 Å². The number of anilines is 1. The van der Waals surface area contributed by atoms with E-state index in [2.05, 4.69) is 9.88 Å². The molecule has 2 aromatic rings. The fraction of sp³-hybridized carbons (Fsp3) is 0.409. The van der Waals surface area contributed by atoms with Gasteiger partial charge >= 0.3 is 0 Å². The van der Waals surface area contributed by atoms with Crippen molar-refractivity contribution in [1.82, 2.24) is 14.8 Å². The Morgan fingerprint density at radius 3 is 2.38 bits per heavy atom. The van der Waals surface area contributed by atoms with Crippen LogP contribution in [0.25, 0.3) is 0 Å². The fourth-order valence-electron chi connectivity index (χ4n) is 4.12. The van der Waals surface area contributed by atoms with E-state index in [0.717, 1.165) is 25.2 Å². The van der Waals surface area contributed by atoms with Crippen molar-refractivity contribution >= 4 is 17.6 Å². The average molecular weight is 396 g/mol. The number of benzene rings is 1. The standard InChI is InChI=1S/C22H25FN4O2/c23-19-8-2-1-7-18(19)22(29)26-14-12-25(13-15-26)21(28)17-6-5-11-27(16-17)20-9-3-4-10-24-20/h1-4,7-10,17H,5-6,11-16H2/t17-/m0/s1. The van der Waals surface area contributed by atoms with Crippen molar-refractivity contribution in [2.45, 2.75) is 12.8 Å². The number of pyridine rings is 1. The molecule has 1 atom stereocenters. The van der Waals surface area contributed by atoms with Gasteiger partial charge in [-0.05, 0) is 37.1 Å². The Kier molecular flexibility index (Phi) is 5.74. The highest BCUT2D eigenvalue weighted by atomic mass is 19.1. The quantitative estimate of drug-likeness (QED) is 0.800. The number of rotatable bonds is 3. The number of nitrogens with zero attached hydrogens (tertiary/aromatic N) is 4. The summed E-state index contributed by atoms with van der Waals surface area (Å²) in [6, 6.07) is 11.8. The molecule has 4 rings (SSSR count). The lowest BCUT2D eigenvalue weighted by molar-refractivity contribution is -0.137. The minimum atomic E-state index is -0.507. The maximum Gasteiger partial charge on any atom is 0.256 e. The second-order valence-corrected chi connectivity index (χ2v) is 7.57. The van der Waals surface area contributed by atoms with Gasteiger partial charge in [0.25, 0.3) is 5.91 Å². The second-order valence-electron chi connectivity index (χ2n) is 7.57. The summed E-state index contributed by atoms with van der Waals surface area (Å²) in [5.74, 6) is 0.176. The highest BCUT2D eigenvalue weighted by molar-refractivity contribution is 5.94. The van der Waals surface area contributed by atoms with Crippen molar-refractivity contribution in [2.24, 2.45) is 5.92 Å². The Bertz CT molecular complexity index is 868. The van der Waals surface area contributed by atoms with E-state index in [1.807, 2.05) is 23.1 Å². The Hall–Kier alpha value is -2.96. The van der Waals surface area contributed by atoms with Gasteiger partial charge in [0.15, 0.2) is 0 Å². The van der Waals surface area contributed by atoms with Crippen LogP contribution in [0.1, 0.15) is 23.2 Å². The van der Waals surface area contributed by atoms with Crippen LogP contribution in [0.4, 0.5) is 10.2 Å². The van der Waals surface area contributed by atoms with Gasteiger partial charge in [-0.2, -0.15) is 0 Å². The zero-order chi connectivity index (χ0) is 20.2. The van der Waals surface area contributed by atoms with Crippen molar-refractivity contribution in [3.05, 3.63) is 60.0 Å². The van der Waals surface area contributed by atoms with E-state index in [1.54, 1.807) is 23.2 Å². The Balaban J connectivity index is 1.34. The molecule has 0 radical (unpaired) electrons. The first-order valence-electron chi connectivity index (χ1n) is 10.1. The molecule has 2 amide bonds. The molecule has 0 saturated carbocycles. The average Bonchev–Trinajstić information content (AvgIpc) is 2.79. The predicted molar refractivity (Wildman–Crippen MR) is 108 cm³/mol. The van der Waals surface area contributed by atoms with Crippen molar-refractivity contribution in [2.75, 3.05) is 44.2 Å². The van der Waals surface area contributed by atoms with E-state index in [9.17, 15) is 14.0 Å². The first kappa shape index (κ1) is 19.4. The zero-order valence-electron chi connectivity index (χ0n) is 16.3. The molecule has 0 bridgehead atoms. The molecule has 0 unspecified atom stereocenters. The normalized spacial score (nSPS) is 19.9. The van der Waals surface area contributed by atoms with Gasteiger partial charge in [0, 0.05) is 45.5 Å². The van der Waals surface area contributed by atoms with E-state index in [4.69, 9.17) is 0 Å². The molecule has 0 N–H and O–H groups in total. The third-order valence-corrected chi connectivity index (χ3v) is 5.73. The highest BCUT2D eigenvalue weighted by Gasteiger charge is 2.32. The summed E-state index contributed by atoms with van der Waals surface area (Å²) in [6.07, 6.45) is 3.60. The molecule has 0 aliphatic carbocycles. The first-order chi connectivity index (χ1) is 14.1. The third-order valence-electron chi connectivity index (χ3n) is 5.73. The smallest absolute Gasteiger partial charge is 0.256 e. The predicted octanol–water partition coefficient (Wildman–Crippen LogP) is 2.42. The van der Waals surface area contributed by atoms with Gasteiger partial charge in [-0.3, -0.25) is 9.59 Å². The molecule has 3 heterocycles. The van der Waals surface area contributed by atoms with E-state index < -0.39 is 5.82 Å². The van der Waals surface area contributed by atoms with Crippen molar-refractivity contribution < 1.29 is 14.0 Å². The Morgan fingerprint density at radius 1 is 0.931 bits per heavy atom. The molecule has 2 saturated heterocycles. The molecular weight excluding hydrogens is 371 g/mol. The zero-order valence-corrected chi connectivity index (χ0v) is 16.3. The minimum Gasteiger partial charge on any atom is -0.356 e. The van der Waals surface area contributed by atoms with E-state index in [-0.39, 0.29) is 23.3 Å². The molecule has 1 aromatic carbocycles. The van der Waals surface area contributed by atoms with Gasteiger partial charge in [-0.25, -0.2) is 9.37 Å². The number of carbonyl (C=O) groups excluding carboxylic acids is 2. The molecule has 2 aliphatic rings. The van der Waals surface area contributed by atoms with Gasteiger partial charge in [-0.1, -0.05) is 18.2 Å². The van der Waals surface area contributed by atoms with Crippen LogP contribution in [0.2, 0.25) is 0 Å². The second kappa shape index (κ2) is 8.59. The van der Waals surface area contributed by atoms with E-state index in [0.29, 0.717) is 32.7 Å². The third kappa shape index (κ3) is 4.23. The van der Waals surface area contributed by atoms with E-state index in [1.165, 1.54) is 12.1 Å². The minimum absolute atomic E-state index is 0.0559. The molecule has 0 spiro atoms. The van der Waals surface area contributed by atoms with Crippen LogP contribution in [0.3, 0.4) is 0 Å². The number of carbonyl (C=O) groups is 2. The van der Waals surface area contributed by atoms with Crippen molar-refractivity contribution in [1.29, 1.82) is 0 Å². The summed E-state index contributed by atoms with van der Waals surface area (Å²) in [5, 5.41) is 0. The highest BCUT2D eigenvalue weighted by Crippen LogP contribution is 2.23. The molecule has 29 heavy (non-hydrogen) atoms. The lowest BCUT2D eigenvalue weighted by Gasteiger charge is -2.39. The monoisotopic (exact) mass is 396 g/mol. The maximum atomic E-state index is 13.9. The van der Waals surface area contributed by atoms with Gasteiger partial charge in [0.2, 0.25) is 5.91 Å². The topological polar surface area (TPSA) is 56.8 Å². The Morgan fingerprint density at radius 2 is 1.66 bits per heavy atom. The van der Waals surface area contributed by atoms with Crippen LogP contribution in [0, 0.1) is 11.7 Å². The van der Waals surface area contributed by atoms with Gasteiger partial charge < -0.3 is 14.7 Å². The van der Waals surface area contributed by atoms with Gasteiger partial charge in [0.1, 0.15) is 11.6 Å². The lowest BCUT2D eigenvalue weighted by Crippen LogP contribution is -2.53. The number of piperidine rings is 1. The number of aromatic nitrogens is 1. The maximum absolute atomic E-state index is 13.9. The van der Waals surface area contributed by atoms with Crippen LogP contribution in [0.15, 0.2) is 48.7 Å². The van der Waals surface area contributed by atoms with Crippen molar-refractivity contribution in [3.63, 3.8) is 0 Å². The number of hydrogen-bond donors (Lipinski definition) is 0. The van der Waals surface area contributed by atoms with Gasteiger partial charge in [-0.15, -0.1) is 0 Å². The Labute approximate surface area is 169 Å². The lowest BCUT2D eigenvalue weighted by atomic mass is 9.96. The molecule has 2 fully saturated rings. The summed E-state index contributed by atoms with van der Waals surface area (Å²) in [4.78, 5) is 35.7. The summed E-state index contributed by atoms with van der Waals surface area (Å²) in [5.41, 5.74) is 0.0885. The molecule has 6 nitrogen and oxygen atoms in total. The van der Waals surface area contributed by atoms with Crippen LogP contribution in [-0.4, -0.2) is 65.9 Å². The van der Waals surface area contributed by atoms with Crippen molar-refractivity contribution in [3.8, 4) is 0 Å². The molecular formula is C22H25FN4O2. The molecule has 152 valence electrons. The van der Waals surface area contributed by atoms with E-state index >= 15 is 0 Å². The summed E-state index contributed by atoms with van der Waals surface area (Å²) in [7, 11) is 0. The van der Waals surface area contributed by atoms with Crippen LogP contribution in [0.5, 0.6) is 0 Å². The summed E-state index contributed by atoms with van der Waals surface area (Å²) in [6.45, 7) is 3.40. The summed E-state index contributed by atoms with van der Waals surface area (Å²) < 4.78 is 13.9. The number of halogens is 1.